The van der Waals surface area contributed by atoms with Crippen LogP contribution in [0.1, 0.15) is 32.5 Å². The summed E-state index contributed by atoms with van der Waals surface area (Å²) in [7, 11) is 1.87. The Morgan fingerprint density at radius 1 is 1.20 bits per heavy atom. The molecule has 2 N–H and O–H groups in total. The number of aromatic nitrogens is 4. The first-order chi connectivity index (χ1) is 9.58. The van der Waals surface area contributed by atoms with Crippen molar-refractivity contribution >= 4 is 11.6 Å². The number of rotatable bonds is 6. The zero-order valence-electron chi connectivity index (χ0n) is 12.5. The quantitative estimate of drug-likeness (QED) is 0.846. The van der Waals surface area contributed by atoms with Gasteiger partial charge in [0.2, 0.25) is 0 Å². The van der Waals surface area contributed by atoms with Gasteiger partial charge in [0.1, 0.15) is 17.5 Å². The summed E-state index contributed by atoms with van der Waals surface area (Å²) >= 11 is 0. The van der Waals surface area contributed by atoms with Gasteiger partial charge < -0.3 is 15.2 Å². The summed E-state index contributed by atoms with van der Waals surface area (Å²) in [4.78, 5) is 13.1. The highest BCUT2D eigenvalue weighted by Gasteiger charge is 2.09. The van der Waals surface area contributed by atoms with E-state index >= 15 is 0 Å². The molecule has 0 amide bonds. The molecule has 6 heteroatoms. The van der Waals surface area contributed by atoms with Crippen LogP contribution in [0.5, 0.6) is 0 Å². The van der Waals surface area contributed by atoms with Crippen molar-refractivity contribution in [1.29, 1.82) is 0 Å². The average molecular weight is 274 g/mol. The van der Waals surface area contributed by atoms with E-state index < -0.39 is 0 Å². The second-order valence-corrected chi connectivity index (χ2v) is 5.21. The first-order valence-corrected chi connectivity index (χ1v) is 6.87. The van der Waals surface area contributed by atoms with Gasteiger partial charge in [-0.25, -0.2) is 15.0 Å². The van der Waals surface area contributed by atoms with Crippen molar-refractivity contribution in [2.45, 2.75) is 39.3 Å². The molecule has 0 bridgehead atoms. The number of nitrogens with one attached hydrogen (secondary N) is 2. The molecule has 0 saturated heterocycles. The Kier molecular flexibility index (Phi) is 4.55. The van der Waals surface area contributed by atoms with Crippen LogP contribution in [0, 0.1) is 0 Å². The van der Waals surface area contributed by atoms with Crippen molar-refractivity contribution in [3.63, 3.8) is 0 Å². The molecule has 0 spiro atoms. The van der Waals surface area contributed by atoms with Crippen molar-refractivity contribution in [1.82, 2.24) is 19.5 Å². The highest BCUT2D eigenvalue weighted by molar-refractivity contribution is 5.47. The molecule has 2 heterocycles. The fourth-order valence-corrected chi connectivity index (χ4v) is 1.94. The van der Waals surface area contributed by atoms with Crippen LogP contribution in [-0.2, 0) is 6.54 Å². The number of hydrogen-bond donors (Lipinski definition) is 2. The van der Waals surface area contributed by atoms with Crippen molar-refractivity contribution in [3.05, 3.63) is 30.6 Å². The van der Waals surface area contributed by atoms with Crippen LogP contribution in [0.3, 0.4) is 0 Å². The Balaban J connectivity index is 2.09. The Morgan fingerprint density at radius 3 is 2.55 bits per heavy atom. The molecule has 0 saturated carbocycles. The third kappa shape index (κ3) is 3.69. The largest absolute Gasteiger partial charge is 0.373 e. The van der Waals surface area contributed by atoms with Crippen LogP contribution in [0.25, 0.3) is 0 Å². The van der Waals surface area contributed by atoms with Gasteiger partial charge in [-0.3, -0.25) is 0 Å². The summed E-state index contributed by atoms with van der Waals surface area (Å²) < 4.78 is 2.04. The van der Waals surface area contributed by atoms with Gasteiger partial charge in [0, 0.05) is 44.0 Å². The van der Waals surface area contributed by atoms with Crippen LogP contribution in [-0.4, -0.2) is 32.6 Å². The molecule has 108 valence electrons. The Labute approximate surface area is 119 Å². The zero-order valence-corrected chi connectivity index (χ0v) is 12.5. The molecular weight excluding hydrogens is 252 g/mol. The average Bonchev–Trinajstić information content (AvgIpc) is 2.90. The minimum absolute atomic E-state index is 0.254. The topological polar surface area (TPSA) is 67.7 Å². The number of anilines is 2. The van der Waals surface area contributed by atoms with Gasteiger partial charge in [0.25, 0.3) is 0 Å². The highest BCUT2D eigenvalue weighted by Crippen LogP contribution is 2.17. The Morgan fingerprint density at radius 2 is 1.95 bits per heavy atom. The van der Waals surface area contributed by atoms with Crippen LogP contribution >= 0.6 is 0 Å². The molecule has 20 heavy (non-hydrogen) atoms. The SMILES string of the molecule is CNc1cc(NC(C)Cn2ccnc2)nc(C(C)C)n1. The van der Waals surface area contributed by atoms with Gasteiger partial charge in [-0.15, -0.1) is 0 Å². The van der Waals surface area contributed by atoms with Gasteiger partial charge in [-0.1, -0.05) is 13.8 Å². The first-order valence-electron chi connectivity index (χ1n) is 6.87. The number of nitrogens with zero attached hydrogens (tertiary/aromatic N) is 4. The fraction of sp³-hybridized carbons (Fsp3) is 0.500. The van der Waals surface area contributed by atoms with Crippen molar-refractivity contribution < 1.29 is 0 Å². The Hall–Kier alpha value is -2.11. The number of imidazole rings is 1. The molecule has 2 aromatic heterocycles. The molecule has 0 aliphatic heterocycles. The molecule has 0 aromatic carbocycles. The zero-order chi connectivity index (χ0) is 14.5. The van der Waals surface area contributed by atoms with E-state index in [2.05, 4.69) is 46.4 Å². The lowest BCUT2D eigenvalue weighted by Gasteiger charge is -2.17. The van der Waals surface area contributed by atoms with Crippen LogP contribution in [0.2, 0.25) is 0 Å². The lowest BCUT2D eigenvalue weighted by Crippen LogP contribution is -2.22. The lowest BCUT2D eigenvalue weighted by molar-refractivity contribution is 0.616. The summed E-state index contributed by atoms with van der Waals surface area (Å²) in [6, 6.07) is 2.18. The van der Waals surface area contributed by atoms with Crippen LogP contribution in [0.4, 0.5) is 11.6 Å². The fourth-order valence-electron chi connectivity index (χ4n) is 1.94. The molecule has 0 aliphatic carbocycles. The van der Waals surface area contributed by atoms with E-state index in [0.717, 1.165) is 24.0 Å². The van der Waals surface area contributed by atoms with Crippen LogP contribution in [0.15, 0.2) is 24.8 Å². The first kappa shape index (κ1) is 14.3. The maximum Gasteiger partial charge on any atom is 0.135 e. The van der Waals surface area contributed by atoms with E-state index in [1.54, 1.807) is 6.20 Å². The molecule has 2 rings (SSSR count). The standard InChI is InChI=1S/C14H22N6/c1-10(2)14-18-12(15-4)7-13(19-14)17-11(3)8-20-6-5-16-9-20/h5-7,9-11H,8H2,1-4H3,(H2,15,17,18,19). The molecule has 0 fully saturated rings. The summed E-state index contributed by atoms with van der Waals surface area (Å²) in [6.07, 6.45) is 5.56. The van der Waals surface area contributed by atoms with Crippen molar-refractivity contribution in [2.24, 2.45) is 0 Å². The predicted octanol–water partition coefficient (Wildman–Crippen LogP) is 2.34. The monoisotopic (exact) mass is 274 g/mol. The molecule has 1 atom stereocenters. The normalized spacial score (nSPS) is 12.4. The molecular formula is C14H22N6. The summed E-state index contributed by atoms with van der Waals surface area (Å²) in [5.74, 6) is 2.82. The van der Waals surface area contributed by atoms with Gasteiger partial charge in [0.05, 0.1) is 6.33 Å². The molecule has 0 aliphatic rings. The van der Waals surface area contributed by atoms with Gasteiger partial charge >= 0.3 is 0 Å². The van der Waals surface area contributed by atoms with E-state index in [1.807, 2.05) is 30.2 Å². The van der Waals surface area contributed by atoms with E-state index in [1.165, 1.54) is 0 Å². The summed E-state index contributed by atoms with van der Waals surface area (Å²) in [5.41, 5.74) is 0. The summed E-state index contributed by atoms with van der Waals surface area (Å²) in [6.45, 7) is 7.15. The van der Waals surface area contributed by atoms with E-state index in [0.29, 0.717) is 5.92 Å². The van der Waals surface area contributed by atoms with Crippen molar-refractivity contribution in [2.75, 3.05) is 17.7 Å². The van der Waals surface area contributed by atoms with E-state index in [4.69, 9.17) is 0 Å². The molecule has 1 unspecified atom stereocenters. The summed E-state index contributed by atoms with van der Waals surface area (Å²) in [5, 5.41) is 6.49. The molecule has 0 radical (unpaired) electrons. The number of hydrogen-bond acceptors (Lipinski definition) is 5. The minimum atomic E-state index is 0.254. The van der Waals surface area contributed by atoms with E-state index in [-0.39, 0.29) is 6.04 Å². The second kappa shape index (κ2) is 6.36. The minimum Gasteiger partial charge on any atom is -0.373 e. The molecule has 2 aromatic rings. The third-order valence-electron chi connectivity index (χ3n) is 2.95. The lowest BCUT2D eigenvalue weighted by atomic mass is 10.2. The third-order valence-corrected chi connectivity index (χ3v) is 2.95. The second-order valence-electron chi connectivity index (χ2n) is 5.21. The van der Waals surface area contributed by atoms with Crippen molar-refractivity contribution in [3.8, 4) is 0 Å². The van der Waals surface area contributed by atoms with Gasteiger partial charge in [0.15, 0.2) is 0 Å². The van der Waals surface area contributed by atoms with Crippen LogP contribution < -0.4 is 10.6 Å². The Bertz CT molecular complexity index is 535. The molecule has 6 nitrogen and oxygen atoms in total. The highest BCUT2D eigenvalue weighted by atomic mass is 15.1. The van der Waals surface area contributed by atoms with Gasteiger partial charge in [-0.05, 0) is 6.92 Å². The maximum absolute atomic E-state index is 4.56. The predicted molar refractivity (Wildman–Crippen MR) is 81.0 cm³/mol. The maximum atomic E-state index is 4.56. The van der Waals surface area contributed by atoms with Gasteiger partial charge in [-0.2, -0.15) is 0 Å². The smallest absolute Gasteiger partial charge is 0.135 e. The van der Waals surface area contributed by atoms with E-state index in [9.17, 15) is 0 Å².